The van der Waals surface area contributed by atoms with Gasteiger partial charge in [0.25, 0.3) is 0 Å². The Morgan fingerprint density at radius 2 is 1.81 bits per heavy atom. The first-order chi connectivity index (χ1) is 10.2. The maximum Gasteiger partial charge on any atom is 0.142 e. The molecule has 3 N–H and O–H groups in total. The smallest absolute Gasteiger partial charge is 0.142 e. The van der Waals surface area contributed by atoms with Gasteiger partial charge in [-0.25, -0.2) is 4.39 Å². The van der Waals surface area contributed by atoms with Crippen molar-refractivity contribution < 1.29 is 4.39 Å². The maximum absolute atomic E-state index is 13.4. The second-order valence-corrected chi connectivity index (χ2v) is 6.13. The molecule has 0 aliphatic rings. The average Bonchev–Trinajstić information content (AvgIpc) is 2.48. The van der Waals surface area contributed by atoms with Gasteiger partial charge >= 0.3 is 0 Å². The second kappa shape index (κ2) is 11.0. The summed E-state index contributed by atoms with van der Waals surface area (Å²) in [4.78, 5) is 0. The van der Waals surface area contributed by atoms with Crippen LogP contribution in [0.15, 0.2) is 18.2 Å². The molecule has 0 aliphatic heterocycles. The Morgan fingerprint density at radius 1 is 1.14 bits per heavy atom. The van der Waals surface area contributed by atoms with Crippen LogP contribution in [0, 0.1) is 5.82 Å². The summed E-state index contributed by atoms with van der Waals surface area (Å²) in [6.45, 7) is 2.23. The molecule has 0 heterocycles. The molecule has 2 nitrogen and oxygen atoms in total. The molecule has 0 saturated carbocycles. The summed E-state index contributed by atoms with van der Waals surface area (Å²) in [5, 5.41) is 0.170. The monoisotopic (exact) mass is 314 g/mol. The molecule has 1 unspecified atom stereocenters. The minimum absolute atomic E-state index is 0.170. The minimum Gasteiger partial charge on any atom is -0.271 e. The van der Waals surface area contributed by atoms with Crippen molar-refractivity contribution in [3.8, 4) is 0 Å². The van der Waals surface area contributed by atoms with E-state index in [1.54, 1.807) is 6.07 Å². The first-order valence-electron chi connectivity index (χ1n) is 8.07. The predicted molar refractivity (Wildman–Crippen MR) is 88.8 cm³/mol. The van der Waals surface area contributed by atoms with E-state index in [0.717, 1.165) is 24.8 Å². The van der Waals surface area contributed by atoms with E-state index in [-0.39, 0.29) is 16.9 Å². The molecule has 21 heavy (non-hydrogen) atoms. The first kappa shape index (κ1) is 18.4. The summed E-state index contributed by atoms with van der Waals surface area (Å²) in [5.41, 5.74) is 3.77. The van der Waals surface area contributed by atoms with Crippen LogP contribution in [0.5, 0.6) is 0 Å². The predicted octanol–water partition coefficient (Wildman–Crippen LogP) is 4.99. The fourth-order valence-corrected chi connectivity index (χ4v) is 2.66. The van der Waals surface area contributed by atoms with Gasteiger partial charge in [-0.3, -0.25) is 11.3 Å². The average molecular weight is 315 g/mol. The normalized spacial score (nSPS) is 12.6. The van der Waals surface area contributed by atoms with Gasteiger partial charge < -0.3 is 0 Å². The molecule has 1 rings (SSSR count). The van der Waals surface area contributed by atoms with E-state index in [0.29, 0.717) is 0 Å². The zero-order valence-electron chi connectivity index (χ0n) is 13.0. The van der Waals surface area contributed by atoms with Crippen molar-refractivity contribution in [3.05, 3.63) is 34.6 Å². The van der Waals surface area contributed by atoms with Crippen LogP contribution >= 0.6 is 11.6 Å². The van der Waals surface area contributed by atoms with Gasteiger partial charge in [0.2, 0.25) is 0 Å². The molecule has 0 aliphatic carbocycles. The summed E-state index contributed by atoms with van der Waals surface area (Å²) in [5.74, 6) is 5.24. The van der Waals surface area contributed by atoms with Crippen molar-refractivity contribution in [2.45, 2.75) is 70.8 Å². The lowest BCUT2D eigenvalue weighted by Crippen LogP contribution is -2.36. The van der Waals surface area contributed by atoms with Crippen LogP contribution < -0.4 is 11.3 Å². The lowest BCUT2D eigenvalue weighted by atomic mass is 10.00. The molecule has 120 valence electrons. The van der Waals surface area contributed by atoms with Gasteiger partial charge in [-0.15, -0.1) is 0 Å². The molecule has 1 atom stereocenters. The Labute approximate surface area is 133 Å². The van der Waals surface area contributed by atoms with E-state index in [9.17, 15) is 4.39 Å². The molecule has 0 bridgehead atoms. The van der Waals surface area contributed by atoms with Crippen LogP contribution in [0.4, 0.5) is 4.39 Å². The standard InChI is InChI=1S/C17H28ClFN2/c1-2-3-4-5-6-7-8-9-15(21-20)12-14-10-11-16(18)17(19)13-14/h10-11,13,15,21H,2-9,12,20H2,1H3. The third kappa shape index (κ3) is 7.79. The van der Waals surface area contributed by atoms with Crippen molar-refractivity contribution in [3.63, 3.8) is 0 Å². The van der Waals surface area contributed by atoms with Crippen molar-refractivity contribution in [1.82, 2.24) is 5.43 Å². The van der Waals surface area contributed by atoms with Crippen LogP contribution in [0.2, 0.25) is 5.02 Å². The number of benzene rings is 1. The molecule has 0 fully saturated rings. The summed E-state index contributed by atoms with van der Waals surface area (Å²) in [7, 11) is 0. The summed E-state index contributed by atoms with van der Waals surface area (Å²) >= 11 is 5.69. The molecule has 0 spiro atoms. The molecular formula is C17H28ClFN2. The molecule has 1 aromatic rings. The molecule has 0 aromatic heterocycles. The van der Waals surface area contributed by atoms with Crippen LogP contribution in [0.3, 0.4) is 0 Å². The van der Waals surface area contributed by atoms with Gasteiger partial charge in [0, 0.05) is 6.04 Å². The van der Waals surface area contributed by atoms with Gasteiger partial charge in [-0.1, -0.05) is 69.5 Å². The Hall–Kier alpha value is -0.640. The number of unbranched alkanes of at least 4 members (excludes halogenated alkanes) is 6. The molecular weight excluding hydrogens is 287 g/mol. The van der Waals surface area contributed by atoms with Crippen LogP contribution in [0.1, 0.15) is 63.9 Å². The van der Waals surface area contributed by atoms with Gasteiger partial charge in [0.15, 0.2) is 0 Å². The fourth-order valence-electron chi connectivity index (χ4n) is 2.54. The lowest BCUT2D eigenvalue weighted by Gasteiger charge is -2.16. The van der Waals surface area contributed by atoms with E-state index in [1.807, 2.05) is 6.07 Å². The van der Waals surface area contributed by atoms with Crippen LogP contribution in [-0.2, 0) is 6.42 Å². The minimum atomic E-state index is -0.360. The Morgan fingerprint density at radius 3 is 2.43 bits per heavy atom. The molecule has 0 saturated heterocycles. The maximum atomic E-state index is 13.4. The lowest BCUT2D eigenvalue weighted by molar-refractivity contribution is 0.458. The zero-order valence-corrected chi connectivity index (χ0v) is 13.8. The van der Waals surface area contributed by atoms with E-state index < -0.39 is 0 Å². The molecule has 0 amide bonds. The summed E-state index contributed by atoms with van der Waals surface area (Å²) in [6, 6.07) is 5.16. The third-order valence-corrected chi connectivity index (χ3v) is 4.16. The Bertz CT molecular complexity index is 398. The molecule has 1 aromatic carbocycles. The number of rotatable bonds is 11. The van der Waals surface area contributed by atoms with Crippen LogP contribution in [-0.4, -0.2) is 6.04 Å². The topological polar surface area (TPSA) is 38.0 Å². The van der Waals surface area contributed by atoms with Gasteiger partial charge in [-0.05, 0) is 30.5 Å². The number of nitrogens with two attached hydrogens (primary N) is 1. The number of hydrogen-bond acceptors (Lipinski definition) is 2. The van der Waals surface area contributed by atoms with Crippen molar-refractivity contribution in [2.24, 2.45) is 5.84 Å². The van der Waals surface area contributed by atoms with Gasteiger partial charge in [-0.2, -0.15) is 0 Å². The van der Waals surface area contributed by atoms with Crippen molar-refractivity contribution >= 4 is 11.6 Å². The SMILES string of the molecule is CCCCCCCCCC(Cc1ccc(Cl)c(F)c1)NN. The Balaban J connectivity index is 2.23. The zero-order chi connectivity index (χ0) is 15.5. The summed E-state index contributed by atoms with van der Waals surface area (Å²) in [6.07, 6.45) is 10.8. The highest BCUT2D eigenvalue weighted by atomic mass is 35.5. The van der Waals surface area contributed by atoms with E-state index >= 15 is 0 Å². The van der Waals surface area contributed by atoms with Gasteiger partial charge in [0.1, 0.15) is 5.82 Å². The number of hydrazine groups is 1. The summed E-state index contributed by atoms with van der Waals surface area (Å²) < 4.78 is 13.4. The van der Waals surface area contributed by atoms with Crippen molar-refractivity contribution in [1.29, 1.82) is 0 Å². The Kier molecular flexibility index (Phi) is 9.64. The van der Waals surface area contributed by atoms with Crippen LogP contribution in [0.25, 0.3) is 0 Å². The number of nitrogens with one attached hydrogen (secondary N) is 1. The number of halogens is 2. The second-order valence-electron chi connectivity index (χ2n) is 5.73. The quantitative estimate of drug-likeness (QED) is 0.343. The first-order valence-corrected chi connectivity index (χ1v) is 8.45. The van der Waals surface area contributed by atoms with Crippen molar-refractivity contribution in [2.75, 3.05) is 0 Å². The highest BCUT2D eigenvalue weighted by Crippen LogP contribution is 2.18. The largest absolute Gasteiger partial charge is 0.271 e. The van der Waals surface area contributed by atoms with E-state index in [1.165, 1.54) is 44.6 Å². The molecule has 4 heteroatoms. The molecule has 0 radical (unpaired) electrons. The van der Waals surface area contributed by atoms with E-state index in [2.05, 4.69) is 12.3 Å². The number of hydrogen-bond donors (Lipinski definition) is 2. The highest BCUT2D eigenvalue weighted by Gasteiger charge is 2.09. The van der Waals surface area contributed by atoms with E-state index in [4.69, 9.17) is 17.4 Å². The van der Waals surface area contributed by atoms with Gasteiger partial charge in [0.05, 0.1) is 5.02 Å². The third-order valence-electron chi connectivity index (χ3n) is 3.86. The fraction of sp³-hybridized carbons (Fsp3) is 0.647. The highest BCUT2D eigenvalue weighted by molar-refractivity contribution is 6.30.